The maximum atomic E-state index is 11.5. The van der Waals surface area contributed by atoms with E-state index in [2.05, 4.69) is 15.9 Å². The Balaban J connectivity index is 2.68. The van der Waals surface area contributed by atoms with Gasteiger partial charge in [0.15, 0.2) is 0 Å². The van der Waals surface area contributed by atoms with Crippen molar-refractivity contribution in [3.05, 3.63) is 0 Å². The summed E-state index contributed by atoms with van der Waals surface area (Å²) in [5.74, 6) is -0.0490. The highest BCUT2D eigenvalue weighted by Gasteiger charge is 2.35. The van der Waals surface area contributed by atoms with Crippen LogP contribution in [0.15, 0.2) is 0 Å². The number of amides is 2. The molecule has 2 amide bonds. The van der Waals surface area contributed by atoms with Crippen LogP contribution in [0.5, 0.6) is 0 Å². The molecule has 1 rings (SSSR count). The highest BCUT2D eigenvalue weighted by Crippen LogP contribution is 2.22. The van der Waals surface area contributed by atoms with Crippen LogP contribution in [0.25, 0.3) is 0 Å². The number of carbonyl (C=O) groups is 2. The normalized spacial score (nSPS) is 24.0. The number of carbonyl (C=O) groups excluding carboxylic acids is 2. The van der Waals surface area contributed by atoms with E-state index in [1.807, 2.05) is 6.92 Å². The minimum Gasteiger partial charge on any atom is -0.368 e. The number of rotatable bonds is 4. The van der Waals surface area contributed by atoms with Crippen LogP contribution in [0.1, 0.15) is 19.8 Å². The summed E-state index contributed by atoms with van der Waals surface area (Å²) in [6, 6.07) is -0.424. The van der Waals surface area contributed by atoms with E-state index in [-0.39, 0.29) is 5.91 Å². The molecular formula is C9H15BrN2O2. The summed E-state index contributed by atoms with van der Waals surface area (Å²) < 4.78 is 0. The fourth-order valence-corrected chi connectivity index (χ4v) is 2.22. The van der Waals surface area contributed by atoms with Gasteiger partial charge in [-0.1, -0.05) is 22.9 Å². The molecule has 0 spiro atoms. The Hall–Kier alpha value is -0.580. The van der Waals surface area contributed by atoms with E-state index in [1.54, 1.807) is 4.90 Å². The van der Waals surface area contributed by atoms with Crippen molar-refractivity contribution in [2.45, 2.75) is 25.8 Å². The van der Waals surface area contributed by atoms with Gasteiger partial charge in [-0.15, -0.1) is 0 Å². The summed E-state index contributed by atoms with van der Waals surface area (Å²) in [6.45, 7) is 2.51. The zero-order valence-electron chi connectivity index (χ0n) is 8.20. The van der Waals surface area contributed by atoms with Crippen molar-refractivity contribution in [1.82, 2.24) is 4.90 Å². The number of likely N-dealkylation sites (tertiary alicyclic amines) is 1. The Labute approximate surface area is 91.9 Å². The van der Waals surface area contributed by atoms with Gasteiger partial charge in [0.05, 0.1) is 0 Å². The summed E-state index contributed by atoms with van der Waals surface area (Å²) in [5.41, 5.74) is 5.23. The predicted octanol–water partition coefficient (Wildman–Crippen LogP) is 0.494. The first-order valence-corrected chi connectivity index (χ1v) is 5.87. The lowest BCUT2D eigenvalue weighted by Gasteiger charge is -2.24. The molecule has 80 valence electrons. The Morgan fingerprint density at radius 3 is 2.79 bits per heavy atom. The van der Waals surface area contributed by atoms with Crippen LogP contribution in [0.4, 0.5) is 0 Å². The molecule has 0 radical (unpaired) electrons. The van der Waals surface area contributed by atoms with Crippen molar-refractivity contribution >= 4 is 27.7 Å². The highest BCUT2D eigenvalue weighted by molar-refractivity contribution is 9.09. The van der Waals surface area contributed by atoms with Gasteiger partial charge < -0.3 is 10.6 Å². The number of alkyl halides is 1. The Kier molecular flexibility index (Phi) is 3.92. The number of nitrogens with zero attached hydrogens (tertiary/aromatic N) is 1. The Morgan fingerprint density at radius 1 is 1.79 bits per heavy atom. The average Bonchev–Trinajstić information content (AvgIpc) is 2.48. The summed E-state index contributed by atoms with van der Waals surface area (Å²) >= 11 is 3.34. The van der Waals surface area contributed by atoms with Crippen LogP contribution in [0.2, 0.25) is 0 Å². The molecule has 14 heavy (non-hydrogen) atoms. The first-order valence-electron chi connectivity index (χ1n) is 4.74. The molecule has 0 aromatic rings. The Bertz CT molecular complexity index is 245. The standard InChI is InChI=1S/C9H15BrN2O2/c1-2-7(9(11)14)12-5-6(4-10)3-8(12)13/h6-7H,2-5H2,1H3,(H2,11,14)/t6-,7+/m0/s1. The number of hydrogen-bond donors (Lipinski definition) is 1. The molecule has 1 saturated heterocycles. The van der Waals surface area contributed by atoms with E-state index in [1.165, 1.54) is 0 Å². The van der Waals surface area contributed by atoms with Crippen molar-refractivity contribution in [2.24, 2.45) is 11.7 Å². The molecule has 1 heterocycles. The predicted molar refractivity (Wildman–Crippen MR) is 56.9 cm³/mol. The minimum atomic E-state index is -0.424. The number of primary amides is 1. The zero-order valence-corrected chi connectivity index (χ0v) is 9.79. The molecule has 0 saturated carbocycles. The van der Waals surface area contributed by atoms with Crippen molar-refractivity contribution < 1.29 is 9.59 Å². The monoisotopic (exact) mass is 262 g/mol. The molecular weight excluding hydrogens is 248 g/mol. The van der Waals surface area contributed by atoms with Gasteiger partial charge in [0.2, 0.25) is 11.8 Å². The lowest BCUT2D eigenvalue weighted by molar-refractivity contribution is -0.136. The smallest absolute Gasteiger partial charge is 0.240 e. The van der Waals surface area contributed by atoms with Gasteiger partial charge in [0.25, 0.3) is 0 Å². The molecule has 1 fully saturated rings. The SMILES string of the molecule is CC[C@H](C(N)=O)N1C[C@H](CBr)CC1=O. The molecule has 4 nitrogen and oxygen atoms in total. The molecule has 0 aromatic heterocycles. The lowest BCUT2D eigenvalue weighted by Crippen LogP contribution is -2.45. The summed E-state index contributed by atoms with van der Waals surface area (Å²) in [7, 11) is 0. The second-order valence-electron chi connectivity index (χ2n) is 3.60. The molecule has 2 N–H and O–H groups in total. The first kappa shape index (κ1) is 11.5. The van der Waals surface area contributed by atoms with E-state index in [4.69, 9.17) is 5.73 Å². The van der Waals surface area contributed by atoms with Crippen LogP contribution in [0.3, 0.4) is 0 Å². The van der Waals surface area contributed by atoms with E-state index in [0.29, 0.717) is 25.3 Å². The summed E-state index contributed by atoms with van der Waals surface area (Å²) in [4.78, 5) is 24.2. The molecule has 5 heteroatoms. The van der Waals surface area contributed by atoms with Gasteiger partial charge in [-0.3, -0.25) is 9.59 Å². The van der Waals surface area contributed by atoms with E-state index < -0.39 is 11.9 Å². The molecule has 0 aromatic carbocycles. The van der Waals surface area contributed by atoms with Crippen molar-refractivity contribution in [2.75, 3.05) is 11.9 Å². The van der Waals surface area contributed by atoms with Crippen LogP contribution < -0.4 is 5.73 Å². The van der Waals surface area contributed by atoms with Crippen LogP contribution in [-0.2, 0) is 9.59 Å². The summed E-state index contributed by atoms with van der Waals surface area (Å²) in [6.07, 6.45) is 1.12. The van der Waals surface area contributed by atoms with Gasteiger partial charge in [-0.25, -0.2) is 0 Å². The van der Waals surface area contributed by atoms with Crippen molar-refractivity contribution in [1.29, 1.82) is 0 Å². The van der Waals surface area contributed by atoms with Gasteiger partial charge >= 0.3 is 0 Å². The van der Waals surface area contributed by atoms with Gasteiger partial charge in [-0.05, 0) is 12.3 Å². The Morgan fingerprint density at radius 2 is 2.43 bits per heavy atom. The molecule has 2 atom stereocenters. The first-order chi connectivity index (χ1) is 6.60. The summed E-state index contributed by atoms with van der Waals surface area (Å²) in [5, 5.41) is 0.796. The maximum absolute atomic E-state index is 11.5. The lowest BCUT2D eigenvalue weighted by atomic mass is 10.1. The van der Waals surface area contributed by atoms with Crippen LogP contribution in [-0.4, -0.2) is 34.6 Å². The number of nitrogens with two attached hydrogens (primary N) is 1. The molecule has 1 aliphatic heterocycles. The molecule has 0 aliphatic carbocycles. The molecule has 1 aliphatic rings. The van der Waals surface area contributed by atoms with E-state index in [0.717, 1.165) is 5.33 Å². The van der Waals surface area contributed by atoms with Gasteiger partial charge in [0.1, 0.15) is 6.04 Å². The fourth-order valence-electron chi connectivity index (χ4n) is 1.79. The van der Waals surface area contributed by atoms with Crippen molar-refractivity contribution in [3.8, 4) is 0 Å². The van der Waals surface area contributed by atoms with E-state index >= 15 is 0 Å². The zero-order chi connectivity index (χ0) is 10.7. The van der Waals surface area contributed by atoms with Crippen LogP contribution in [0, 0.1) is 5.92 Å². The molecule has 0 unspecified atom stereocenters. The second-order valence-corrected chi connectivity index (χ2v) is 4.24. The third-order valence-corrected chi connectivity index (χ3v) is 3.46. The minimum absolute atomic E-state index is 0.0418. The number of hydrogen-bond acceptors (Lipinski definition) is 2. The van der Waals surface area contributed by atoms with Gasteiger partial charge in [0, 0.05) is 18.3 Å². The fraction of sp³-hybridized carbons (Fsp3) is 0.778. The van der Waals surface area contributed by atoms with E-state index in [9.17, 15) is 9.59 Å². The third kappa shape index (κ3) is 2.26. The maximum Gasteiger partial charge on any atom is 0.240 e. The molecule has 0 bridgehead atoms. The third-order valence-electron chi connectivity index (χ3n) is 2.55. The average molecular weight is 263 g/mol. The van der Waals surface area contributed by atoms with Gasteiger partial charge in [-0.2, -0.15) is 0 Å². The van der Waals surface area contributed by atoms with Crippen LogP contribution >= 0.6 is 15.9 Å². The largest absolute Gasteiger partial charge is 0.368 e. The highest BCUT2D eigenvalue weighted by atomic mass is 79.9. The quantitative estimate of drug-likeness (QED) is 0.750. The van der Waals surface area contributed by atoms with Crippen molar-refractivity contribution in [3.63, 3.8) is 0 Å². The topological polar surface area (TPSA) is 63.4 Å². The second kappa shape index (κ2) is 4.77. The number of halogens is 1.